The molecule has 26 heavy (non-hydrogen) atoms. The van der Waals surface area contributed by atoms with E-state index >= 15 is 0 Å². The maximum atomic E-state index is 13.0. The van der Waals surface area contributed by atoms with Crippen LogP contribution in [0.25, 0.3) is 0 Å². The first kappa shape index (κ1) is 19.2. The third-order valence-corrected chi connectivity index (χ3v) is 5.76. The Balaban J connectivity index is 1.81. The van der Waals surface area contributed by atoms with E-state index in [4.69, 9.17) is 23.2 Å². The Morgan fingerprint density at radius 1 is 1.15 bits per heavy atom. The number of rotatable bonds is 2. The summed E-state index contributed by atoms with van der Waals surface area (Å²) >= 11 is 13.4. The van der Waals surface area contributed by atoms with Gasteiger partial charge in [0.15, 0.2) is 0 Å². The van der Waals surface area contributed by atoms with Crippen molar-refractivity contribution in [2.75, 3.05) is 17.6 Å². The number of urea groups is 1. The van der Waals surface area contributed by atoms with Gasteiger partial charge in [-0.25, -0.2) is 4.79 Å². The minimum atomic E-state index is -4.60. The van der Waals surface area contributed by atoms with Crippen molar-refractivity contribution >= 4 is 46.7 Å². The van der Waals surface area contributed by atoms with Crippen LogP contribution in [0, 0.1) is 0 Å². The predicted molar refractivity (Wildman–Crippen MR) is 98.8 cm³/mol. The molecular weight excluding hydrogens is 408 g/mol. The van der Waals surface area contributed by atoms with Crippen LogP contribution in [0.15, 0.2) is 42.5 Å². The smallest absolute Gasteiger partial charge is 0.308 e. The topological polar surface area (TPSA) is 32.3 Å². The summed E-state index contributed by atoms with van der Waals surface area (Å²) in [5, 5.41) is 2.34. The molecule has 1 saturated heterocycles. The second kappa shape index (κ2) is 7.58. The molecule has 0 bridgehead atoms. The molecule has 1 N–H and O–H groups in total. The number of thioether (sulfide) groups is 1. The van der Waals surface area contributed by atoms with Crippen molar-refractivity contribution in [2.45, 2.75) is 11.6 Å². The van der Waals surface area contributed by atoms with E-state index in [1.807, 2.05) is 12.1 Å². The molecule has 2 aromatic rings. The summed E-state index contributed by atoms with van der Waals surface area (Å²) in [6, 6.07) is 9.97. The number of benzene rings is 2. The molecule has 0 spiro atoms. The van der Waals surface area contributed by atoms with E-state index in [1.165, 1.54) is 6.07 Å². The zero-order chi connectivity index (χ0) is 18.9. The van der Waals surface area contributed by atoms with E-state index in [-0.39, 0.29) is 11.1 Å². The molecule has 1 unspecified atom stereocenters. The summed E-state index contributed by atoms with van der Waals surface area (Å²) in [6.07, 6.45) is -4.60. The van der Waals surface area contributed by atoms with E-state index in [2.05, 4.69) is 5.32 Å². The molecule has 1 aliphatic heterocycles. The number of carbonyl (C=O) groups is 1. The molecule has 1 heterocycles. The Labute approximate surface area is 162 Å². The molecule has 138 valence electrons. The van der Waals surface area contributed by atoms with Crippen LogP contribution in [-0.4, -0.2) is 23.2 Å². The van der Waals surface area contributed by atoms with Crippen LogP contribution in [0.1, 0.15) is 16.5 Å². The van der Waals surface area contributed by atoms with Gasteiger partial charge in [-0.3, -0.25) is 0 Å². The van der Waals surface area contributed by atoms with E-state index in [0.717, 1.165) is 17.7 Å². The molecule has 2 aromatic carbocycles. The van der Waals surface area contributed by atoms with Crippen molar-refractivity contribution in [3.63, 3.8) is 0 Å². The van der Waals surface area contributed by atoms with Crippen molar-refractivity contribution < 1.29 is 18.0 Å². The van der Waals surface area contributed by atoms with Gasteiger partial charge >= 0.3 is 12.2 Å². The first-order chi connectivity index (χ1) is 12.3. The van der Waals surface area contributed by atoms with Gasteiger partial charge in [0.25, 0.3) is 0 Å². The summed E-state index contributed by atoms with van der Waals surface area (Å²) in [6.45, 7) is 0.464. The number of nitrogens with one attached hydrogen (secondary N) is 1. The van der Waals surface area contributed by atoms with Crippen LogP contribution in [0.4, 0.5) is 23.7 Å². The number of hydrogen-bond donors (Lipinski definition) is 1. The summed E-state index contributed by atoms with van der Waals surface area (Å²) in [4.78, 5) is 14.1. The highest BCUT2D eigenvalue weighted by Gasteiger charge is 2.35. The maximum absolute atomic E-state index is 13.0. The van der Waals surface area contributed by atoms with Gasteiger partial charge in [-0.2, -0.15) is 13.2 Å². The van der Waals surface area contributed by atoms with Crippen molar-refractivity contribution in [3.05, 3.63) is 63.6 Å². The highest BCUT2D eigenvalue weighted by molar-refractivity contribution is 7.99. The molecule has 0 aromatic heterocycles. The molecule has 1 fully saturated rings. The first-order valence-electron chi connectivity index (χ1n) is 7.58. The molecule has 1 atom stereocenters. The van der Waals surface area contributed by atoms with Crippen LogP contribution in [-0.2, 0) is 6.18 Å². The van der Waals surface area contributed by atoms with E-state index in [9.17, 15) is 18.0 Å². The van der Waals surface area contributed by atoms with Crippen molar-refractivity contribution in [3.8, 4) is 0 Å². The molecule has 1 aliphatic rings. The predicted octanol–water partition coefficient (Wildman–Crippen LogP) is 6.29. The maximum Gasteiger partial charge on any atom is 0.417 e. The van der Waals surface area contributed by atoms with Crippen LogP contribution in [0.5, 0.6) is 0 Å². The fourth-order valence-electron chi connectivity index (χ4n) is 2.63. The van der Waals surface area contributed by atoms with Gasteiger partial charge in [-0.15, -0.1) is 11.8 Å². The second-order valence-electron chi connectivity index (χ2n) is 5.56. The van der Waals surface area contributed by atoms with E-state index in [1.54, 1.807) is 28.8 Å². The minimum absolute atomic E-state index is 0.0292. The van der Waals surface area contributed by atoms with Gasteiger partial charge in [-0.05, 0) is 24.3 Å². The minimum Gasteiger partial charge on any atom is -0.308 e. The van der Waals surface area contributed by atoms with E-state index < -0.39 is 22.8 Å². The molecular formula is C17H13Cl2F3N2OS. The third-order valence-electron chi connectivity index (χ3n) is 3.85. The third kappa shape index (κ3) is 4.05. The van der Waals surface area contributed by atoms with Gasteiger partial charge in [0.05, 0.1) is 10.6 Å². The van der Waals surface area contributed by atoms with E-state index in [0.29, 0.717) is 17.3 Å². The van der Waals surface area contributed by atoms with Crippen LogP contribution < -0.4 is 5.32 Å². The highest BCUT2D eigenvalue weighted by Crippen LogP contribution is 2.41. The van der Waals surface area contributed by atoms with Gasteiger partial charge in [0.1, 0.15) is 5.37 Å². The number of anilines is 1. The molecule has 0 saturated carbocycles. The Morgan fingerprint density at radius 2 is 1.88 bits per heavy atom. The largest absolute Gasteiger partial charge is 0.417 e. The lowest BCUT2D eigenvalue weighted by molar-refractivity contribution is -0.137. The second-order valence-corrected chi connectivity index (χ2v) is 7.56. The quantitative estimate of drug-likeness (QED) is 0.618. The average molecular weight is 421 g/mol. The molecule has 0 radical (unpaired) electrons. The van der Waals surface area contributed by atoms with Crippen LogP contribution in [0.3, 0.4) is 0 Å². The van der Waals surface area contributed by atoms with Gasteiger partial charge in [-0.1, -0.05) is 41.4 Å². The summed E-state index contributed by atoms with van der Waals surface area (Å²) in [5.41, 5.74) is -0.171. The highest BCUT2D eigenvalue weighted by atomic mass is 35.5. The first-order valence-corrected chi connectivity index (χ1v) is 9.38. The fourth-order valence-corrected chi connectivity index (χ4v) is 4.45. The molecule has 3 rings (SSSR count). The Kier molecular flexibility index (Phi) is 5.60. The van der Waals surface area contributed by atoms with Crippen molar-refractivity contribution in [1.29, 1.82) is 0 Å². The fraction of sp³-hybridized carbons (Fsp3) is 0.235. The van der Waals surface area contributed by atoms with Crippen molar-refractivity contribution in [1.82, 2.24) is 4.90 Å². The SMILES string of the molecule is O=C(Nc1ccc(Cl)c(C(F)(F)F)c1)N1CCSC1c1ccccc1Cl. The normalized spacial score (nSPS) is 17.4. The Hall–Kier alpha value is -1.57. The lowest BCUT2D eigenvalue weighted by Crippen LogP contribution is -2.34. The van der Waals surface area contributed by atoms with Crippen LogP contribution >= 0.6 is 35.0 Å². The number of nitrogens with zero attached hydrogens (tertiary/aromatic N) is 1. The zero-order valence-electron chi connectivity index (χ0n) is 13.2. The Morgan fingerprint density at radius 3 is 2.58 bits per heavy atom. The van der Waals surface area contributed by atoms with Gasteiger partial charge in [0, 0.05) is 28.6 Å². The lowest BCUT2D eigenvalue weighted by Gasteiger charge is -2.25. The number of amides is 2. The molecule has 0 aliphatic carbocycles. The number of hydrogen-bond acceptors (Lipinski definition) is 2. The summed E-state index contributed by atoms with van der Waals surface area (Å²) in [7, 11) is 0. The number of halogens is 5. The average Bonchev–Trinajstić information content (AvgIpc) is 3.05. The molecule has 3 nitrogen and oxygen atoms in total. The monoisotopic (exact) mass is 420 g/mol. The lowest BCUT2D eigenvalue weighted by atomic mass is 10.2. The summed E-state index contributed by atoms with van der Waals surface area (Å²) in [5.74, 6) is 0.706. The number of alkyl halides is 3. The molecule has 2 amide bonds. The van der Waals surface area contributed by atoms with Gasteiger partial charge in [0.2, 0.25) is 0 Å². The van der Waals surface area contributed by atoms with Crippen molar-refractivity contribution in [2.24, 2.45) is 0 Å². The van der Waals surface area contributed by atoms with Crippen LogP contribution in [0.2, 0.25) is 10.0 Å². The standard InChI is InChI=1S/C17H13Cl2F3N2OS/c18-13-4-2-1-3-11(13)15-24(7-8-26-15)16(25)23-10-5-6-14(19)12(9-10)17(20,21)22/h1-6,9,15H,7-8H2,(H,23,25). The Bertz CT molecular complexity index is 832. The van der Waals surface area contributed by atoms with Gasteiger partial charge < -0.3 is 10.2 Å². The summed E-state index contributed by atoms with van der Waals surface area (Å²) < 4.78 is 38.9. The molecule has 9 heteroatoms. The number of carbonyl (C=O) groups excluding carboxylic acids is 1. The zero-order valence-corrected chi connectivity index (χ0v) is 15.5.